The number of methoxy groups -OCH3 is 1. The van der Waals surface area contributed by atoms with Gasteiger partial charge in [0.05, 0.1) is 19.2 Å². The van der Waals surface area contributed by atoms with Crippen LogP contribution in [-0.4, -0.2) is 39.1 Å². The van der Waals surface area contributed by atoms with E-state index >= 15 is 0 Å². The van der Waals surface area contributed by atoms with Crippen LogP contribution in [0.15, 0.2) is 48.5 Å². The van der Waals surface area contributed by atoms with E-state index in [1.165, 1.54) is 7.11 Å². The monoisotopic (exact) mass is 404 g/mol. The molecule has 7 heteroatoms. The normalized spacial score (nSPS) is 12.7. The highest BCUT2D eigenvalue weighted by Gasteiger charge is 2.30. The Kier molecular flexibility index (Phi) is 8.29. The van der Waals surface area contributed by atoms with Crippen LogP contribution in [0.3, 0.4) is 0 Å². The summed E-state index contributed by atoms with van der Waals surface area (Å²) in [4.78, 5) is 26.0. The lowest BCUT2D eigenvalue weighted by Gasteiger charge is -2.24. The molecule has 0 heterocycles. The minimum atomic E-state index is -0.547. The maximum absolute atomic E-state index is 13.1. The van der Waals surface area contributed by atoms with Crippen LogP contribution in [0.4, 0.5) is 5.69 Å². The van der Waals surface area contributed by atoms with Gasteiger partial charge in [-0.2, -0.15) is 0 Å². The lowest BCUT2D eigenvalue weighted by molar-refractivity contribution is -0.894. The molecule has 0 radical (unpaired) electrons. The van der Waals surface area contributed by atoms with E-state index in [1.54, 1.807) is 18.2 Å². The Labute approximate surface area is 170 Å². The minimum absolute atomic E-state index is 0.0828. The van der Waals surface area contributed by atoms with Crippen molar-refractivity contribution in [1.29, 1.82) is 0 Å². The number of likely N-dealkylation sites (N-methyl/N-ethyl adjacent to an activating group) is 1. The first-order valence-electron chi connectivity index (χ1n) is 9.24. The predicted molar refractivity (Wildman–Crippen MR) is 111 cm³/mol. The molecule has 0 aromatic heterocycles. The van der Waals surface area contributed by atoms with Gasteiger partial charge in [0.25, 0.3) is 11.8 Å². The average Bonchev–Trinajstić information content (AvgIpc) is 2.67. The summed E-state index contributed by atoms with van der Waals surface area (Å²) in [6.45, 7) is 2.81. The van der Waals surface area contributed by atoms with E-state index < -0.39 is 6.04 Å². The van der Waals surface area contributed by atoms with Crippen molar-refractivity contribution >= 4 is 29.1 Å². The summed E-state index contributed by atoms with van der Waals surface area (Å²) in [5.74, 6) is 0.239. The first kappa shape index (κ1) is 21.7. The van der Waals surface area contributed by atoms with Crippen molar-refractivity contribution in [3.63, 3.8) is 0 Å². The third-order valence-corrected chi connectivity index (χ3v) is 4.61. The van der Waals surface area contributed by atoms with Crippen LogP contribution >= 0.6 is 11.6 Å². The second kappa shape index (κ2) is 10.7. The van der Waals surface area contributed by atoms with E-state index in [2.05, 4.69) is 10.6 Å². The molecule has 2 atom stereocenters. The van der Waals surface area contributed by atoms with Crippen molar-refractivity contribution in [2.45, 2.75) is 19.4 Å². The highest BCUT2D eigenvalue weighted by atomic mass is 35.5. The smallest absolute Gasteiger partial charge is 0.287 e. The molecule has 6 nitrogen and oxygen atoms in total. The third kappa shape index (κ3) is 5.97. The molecule has 0 aliphatic rings. The van der Waals surface area contributed by atoms with Crippen LogP contribution in [0.1, 0.15) is 24.9 Å². The fourth-order valence-corrected chi connectivity index (χ4v) is 3.20. The predicted octanol–water partition coefficient (Wildman–Crippen LogP) is 2.07. The van der Waals surface area contributed by atoms with Crippen molar-refractivity contribution in [3.05, 3.63) is 59.1 Å². The lowest BCUT2D eigenvalue weighted by Crippen LogP contribution is -3.11. The standard InChI is InChI=1S/C21H26ClN3O3/c1-4-12-23-19(26)14-25(2)20(15-8-6-5-7-9-15)21(27)24-16-10-11-18(28-3)17(22)13-16/h5-11,13,20H,4,12,14H2,1-3H3,(H,23,26)(H,24,27)/p+1/t20-/m0/s1. The molecule has 0 saturated carbocycles. The minimum Gasteiger partial charge on any atom is -0.495 e. The van der Waals surface area contributed by atoms with Crippen molar-refractivity contribution in [3.8, 4) is 5.75 Å². The summed E-state index contributed by atoms with van der Waals surface area (Å²) in [6, 6.07) is 14.0. The van der Waals surface area contributed by atoms with Gasteiger partial charge in [-0.15, -0.1) is 0 Å². The van der Waals surface area contributed by atoms with E-state index in [0.29, 0.717) is 23.0 Å². The number of carbonyl (C=O) groups is 2. The number of hydrogen-bond donors (Lipinski definition) is 3. The van der Waals surface area contributed by atoms with Crippen LogP contribution < -0.4 is 20.3 Å². The van der Waals surface area contributed by atoms with E-state index in [0.717, 1.165) is 16.9 Å². The van der Waals surface area contributed by atoms with Crippen molar-refractivity contribution in [2.75, 3.05) is 32.6 Å². The second-order valence-corrected chi connectivity index (χ2v) is 6.96. The number of quaternary nitrogens is 1. The number of anilines is 1. The summed E-state index contributed by atoms with van der Waals surface area (Å²) >= 11 is 6.16. The molecule has 0 bridgehead atoms. The van der Waals surface area contributed by atoms with E-state index in [1.807, 2.05) is 44.3 Å². The van der Waals surface area contributed by atoms with Gasteiger partial charge in [-0.1, -0.05) is 48.9 Å². The molecule has 0 aliphatic carbocycles. The highest BCUT2D eigenvalue weighted by molar-refractivity contribution is 6.32. The number of ether oxygens (including phenoxy) is 1. The van der Waals surface area contributed by atoms with Gasteiger partial charge in [0.1, 0.15) is 5.75 Å². The topological polar surface area (TPSA) is 71.9 Å². The largest absolute Gasteiger partial charge is 0.495 e. The number of rotatable bonds is 9. The van der Waals surface area contributed by atoms with Gasteiger partial charge >= 0.3 is 0 Å². The Balaban J connectivity index is 2.20. The maximum atomic E-state index is 13.1. The lowest BCUT2D eigenvalue weighted by atomic mass is 10.0. The molecule has 150 valence electrons. The zero-order valence-electron chi connectivity index (χ0n) is 16.4. The molecule has 1 unspecified atom stereocenters. The molecule has 2 aromatic rings. The molecule has 2 amide bonds. The number of nitrogens with one attached hydrogen (secondary N) is 3. The zero-order valence-corrected chi connectivity index (χ0v) is 17.2. The Bertz CT molecular complexity index is 799. The van der Waals surface area contributed by atoms with Crippen LogP contribution in [-0.2, 0) is 9.59 Å². The summed E-state index contributed by atoms with van der Waals surface area (Å²) in [7, 11) is 3.37. The van der Waals surface area contributed by atoms with E-state index in [-0.39, 0.29) is 18.4 Å². The Morgan fingerprint density at radius 3 is 2.50 bits per heavy atom. The fraction of sp³-hybridized carbons (Fsp3) is 0.333. The van der Waals surface area contributed by atoms with E-state index in [4.69, 9.17) is 16.3 Å². The quantitative estimate of drug-likeness (QED) is 0.599. The molecular formula is C21H27ClN3O3+. The number of amides is 2. The Morgan fingerprint density at radius 2 is 1.89 bits per heavy atom. The van der Waals surface area contributed by atoms with E-state index in [9.17, 15) is 9.59 Å². The van der Waals surface area contributed by atoms with Gasteiger partial charge in [0, 0.05) is 17.8 Å². The van der Waals surface area contributed by atoms with Gasteiger partial charge in [0.2, 0.25) is 0 Å². The molecule has 0 spiro atoms. The molecule has 28 heavy (non-hydrogen) atoms. The molecule has 0 saturated heterocycles. The highest BCUT2D eigenvalue weighted by Crippen LogP contribution is 2.27. The first-order chi connectivity index (χ1) is 13.5. The van der Waals surface area contributed by atoms with Crippen LogP contribution in [0.25, 0.3) is 0 Å². The Morgan fingerprint density at radius 1 is 1.18 bits per heavy atom. The summed E-state index contributed by atoms with van der Waals surface area (Å²) in [6.07, 6.45) is 0.867. The SMILES string of the molecule is CCCNC(=O)C[NH+](C)[C@H](C(=O)Nc1ccc(OC)c(Cl)c1)c1ccccc1. The Hall–Kier alpha value is -2.57. The van der Waals surface area contributed by atoms with Gasteiger partial charge in [0.15, 0.2) is 12.6 Å². The van der Waals surface area contributed by atoms with Crippen LogP contribution in [0.2, 0.25) is 5.02 Å². The molecule has 2 aromatic carbocycles. The summed E-state index contributed by atoms with van der Waals surface area (Å²) in [5, 5.41) is 6.17. The second-order valence-electron chi connectivity index (χ2n) is 6.56. The van der Waals surface area contributed by atoms with Gasteiger partial charge < -0.3 is 20.3 Å². The number of carbonyl (C=O) groups excluding carboxylic acids is 2. The van der Waals surface area contributed by atoms with Gasteiger partial charge in [-0.25, -0.2) is 0 Å². The van der Waals surface area contributed by atoms with Crippen LogP contribution in [0, 0.1) is 0 Å². The fourth-order valence-electron chi connectivity index (χ4n) is 2.95. The molecular weight excluding hydrogens is 378 g/mol. The molecule has 3 N–H and O–H groups in total. The third-order valence-electron chi connectivity index (χ3n) is 4.32. The first-order valence-corrected chi connectivity index (χ1v) is 9.62. The molecule has 2 rings (SSSR count). The zero-order chi connectivity index (χ0) is 20.5. The number of benzene rings is 2. The summed E-state index contributed by atoms with van der Waals surface area (Å²) in [5.41, 5.74) is 1.40. The van der Waals surface area contributed by atoms with Gasteiger partial charge in [-0.3, -0.25) is 9.59 Å². The van der Waals surface area contributed by atoms with Crippen molar-refractivity contribution < 1.29 is 19.2 Å². The van der Waals surface area contributed by atoms with Crippen LogP contribution in [0.5, 0.6) is 5.75 Å². The van der Waals surface area contributed by atoms with Crippen molar-refractivity contribution in [2.24, 2.45) is 0 Å². The van der Waals surface area contributed by atoms with Gasteiger partial charge in [-0.05, 0) is 24.6 Å². The summed E-state index contributed by atoms with van der Waals surface area (Å²) < 4.78 is 5.14. The van der Waals surface area contributed by atoms with Crippen molar-refractivity contribution in [1.82, 2.24) is 5.32 Å². The number of hydrogen-bond acceptors (Lipinski definition) is 3. The number of halogens is 1. The average molecular weight is 405 g/mol. The molecule has 0 aliphatic heterocycles. The molecule has 0 fully saturated rings. The maximum Gasteiger partial charge on any atom is 0.287 e.